The number of aromatic nitrogens is 4. The molecule has 0 radical (unpaired) electrons. The van der Waals surface area contributed by atoms with Crippen molar-refractivity contribution in [2.45, 2.75) is 45.1 Å². The number of nitrogens with zero attached hydrogens (tertiary/aromatic N) is 5. The zero-order valence-electron chi connectivity index (χ0n) is 16.5. The smallest absolute Gasteiger partial charge is 0.229 e. The van der Waals surface area contributed by atoms with Gasteiger partial charge in [0, 0.05) is 31.7 Å². The summed E-state index contributed by atoms with van der Waals surface area (Å²) in [7, 11) is 0. The summed E-state index contributed by atoms with van der Waals surface area (Å²) >= 11 is 0. The van der Waals surface area contributed by atoms with Crippen molar-refractivity contribution in [1.29, 1.82) is 0 Å². The monoisotopic (exact) mass is 390 g/mol. The second-order valence-corrected chi connectivity index (χ2v) is 8.00. The molecule has 1 fully saturated rings. The standard InChI is InChI=1S/C22H26N6O/c29-22(25-17-9-3-1-4-10-17)16-8-7-12-27(14-16)20-19-21(24-15-23-20)28-13-6-2-5-11-18(28)26-19/h1,3-4,9-10,15-16H,2,5-8,11-14H2,(H,25,29)/t16-/m0/s1. The summed E-state index contributed by atoms with van der Waals surface area (Å²) in [4.78, 5) is 29.1. The molecule has 5 rings (SSSR count). The van der Waals surface area contributed by atoms with Crippen LogP contribution in [0.4, 0.5) is 11.5 Å². The number of carbonyl (C=O) groups excluding carboxylic acids is 1. The molecule has 1 amide bonds. The Balaban J connectivity index is 1.39. The molecule has 7 nitrogen and oxygen atoms in total. The largest absolute Gasteiger partial charge is 0.354 e. The summed E-state index contributed by atoms with van der Waals surface area (Å²) in [6, 6.07) is 9.66. The molecule has 0 bridgehead atoms. The van der Waals surface area contributed by atoms with Gasteiger partial charge in [-0.3, -0.25) is 4.79 Å². The van der Waals surface area contributed by atoms with Crippen LogP contribution in [0, 0.1) is 5.92 Å². The van der Waals surface area contributed by atoms with E-state index in [0.717, 1.165) is 60.8 Å². The third-order valence-corrected chi connectivity index (χ3v) is 6.01. The first-order valence-corrected chi connectivity index (χ1v) is 10.6. The number of hydrogen-bond donors (Lipinski definition) is 1. The number of rotatable bonds is 3. The average molecular weight is 390 g/mol. The number of imidazole rings is 1. The Bertz CT molecular complexity index is 1010. The maximum Gasteiger partial charge on any atom is 0.229 e. The van der Waals surface area contributed by atoms with E-state index in [1.165, 1.54) is 19.3 Å². The number of aryl methyl sites for hydroxylation is 2. The average Bonchev–Trinajstić information content (AvgIpc) is 2.95. The first kappa shape index (κ1) is 18.1. The van der Waals surface area contributed by atoms with Crippen LogP contribution in [-0.2, 0) is 17.8 Å². The van der Waals surface area contributed by atoms with E-state index >= 15 is 0 Å². The second-order valence-electron chi connectivity index (χ2n) is 8.00. The van der Waals surface area contributed by atoms with E-state index in [1.807, 2.05) is 30.3 Å². The highest BCUT2D eigenvalue weighted by Crippen LogP contribution is 2.29. The molecular weight excluding hydrogens is 364 g/mol. The summed E-state index contributed by atoms with van der Waals surface area (Å²) < 4.78 is 2.26. The minimum atomic E-state index is -0.0607. The van der Waals surface area contributed by atoms with Gasteiger partial charge in [0.05, 0.1) is 5.92 Å². The number of fused-ring (bicyclic) bond motifs is 3. The van der Waals surface area contributed by atoms with Gasteiger partial charge in [-0.2, -0.15) is 0 Å². The van der Waals surface area contributed by atoms with Crippen LogP contribution in [0.1, 0.15) is 37.9 Å². The number of amides is 1. The number of carbonyl (C=O) groups is 1. The van der Waals surface area contributed by atoms with E-state index in [1.54, 1.807) is 6.33 Å². The minimum absolute atomic E-state index is 0.0607. The van der Waals surface area contributed by atoms with Crippen LogP contribution in [0.2, 0.25) is 0 Å². The Morgan fingerprint density at radius 3 is 2.83 bits per heavy atom. The van der Waals surface area contributed by atoms with E-state index in [4.69, 9.17) is 4.98 Å². The lowest BCUT2D eigenvalue weighted by Gasteiger charge is -2.32. The molecular formula is C22H26N6O. The maximum atomic E-state index is 12.8. The third kappa shape index (κ3) is 3.57. The van der Waals surface area contributed by atoms with Crippen LogP contribution in [0.15, 0.2) is 36.7 Å². The van der Waals surface area contributed by atoms with Gasteiger partial charge in [-0.15, -0.1) is 0 Å². The SMILES string of the molecule is O=C(Nc1ccccc1)[C@H]1CCCN(c2ncnc3c2nc2n3CCCCC2)C1. The number of para-hydroxylation sites is 1. The van der Waals surface area contributed by atoms with Gasteiger partial charge in [0.15, 0.2) is 17.0 Å². The van der Waals surface area contributed by atoms with E-state index in [9.17, 15) is 4.79 Å². The first-order chi connectivity index (χ1) is 14.3. The van der Waals surface area contributed by atoms with Gasteiger partial charge in [-0.05, 0) is 37.8 Å². The molecule has 7 heteroatoms. The molecule has 150 valence electrons. The quantitative estimate of drug-likeness (QED) is 0.742. The highest BCUT2D eigenvalue weighted by molar-refractivity contribution is 5.93. The van der Waals surface area contributed by atoms with E-state index in [-0.39, 0.29) is 11.8 Å². The molecule has 2 aliphatic rings. The zero-order chi connectivity index (χ0) is 19.6. The van der Waals surface area contributed by atoms with Crippen LogP contribution in [0.5, 0.6) is 0 Å². The fourth-order valence-electron chi connectivity index (χ4n) is 4.51. The van der Waals surface area contributed by atoms with Crippen LogP contribution >= 0.6 is 0 Å². The lowest BCUT2D eigenvalue weighted by molar-refractivity contribution is -0.120. The van der Waals surface area contributed by atoms with Crippen molar-refractivity contribution in [2.24, 2.45) is 5.92 Å². The van der Waals surface area contributed by atoms with E-state index in [2.05, 4.69) is 24.8 Å². The van der Waals surface area contributed by atoms with Gasteiger partial charge in [-0.1, -0.05) is 24.6 Å². The third-order valence-electron chi connectivity index (χ3n) is 6.01. The van der Waals surface area contributed by atoms with Crippen molar-refractivity contribution in [2.75, 3.05) is 23.3 Å². The second kappa shape index (κ2) is 7.81. The van der Waals surface area contributed by atoms with Crippen molar-refractivity contribution in [3.05, 3.63) is 42.5 Å². The van der Waals surface area contributed by atoms with Crippen molar-refractivity contribution in [3.63, 3.8) is 0 Å². The Morgan fingerprint density at radius 2 is 1.93 bits per heavy atom. The van der Waals surface area contributed by atoms with Gasteiger partial charge in [-0.25, -0.2) is 15.0 Å². The summed E-state index contributed by atoms with van der Waals surface area (Å²) in [5.74, 6) is 2.00. The lowest BCUT2D eigenvalue weighted by atomic mass is 9.97. The topological polar surface area (TPSA) is 75.9 Å². The molecule has 0 unspecified atom stereocenters. The maximum absolute atomic E-state index is 12.8. The van der Waals surface area contributed by atoms with Gasteiger partial charge in [0.25, 0.3) is 0 Å². The number of piperidine rings is 1. The Morgan fingerprint density at radius 1 is 1.03 bits per heavy atom. The number of benzene rings is 1. The molecule has 2 aliphatic heterocycles. The molecule has 4 heterocycles. The van der Waals surface area contributed by atoms with Crippen LogP contribution in [0.25, 0.3) is 11.2 Å². The van der Waals surface area contributed by atoms with E-state index < -0.39 is 0 Å². The summed E-state index contributed by atoms with van der Waals surface area (Å²) in [5.41, 5.74) is 2.66. The molecule has 1 N–H and O–H groups in total. The predicted octanol–water partition coefficient (Wildman–Crippen LogP) is 3.41. The number of hydrogen-bond acceptors (Lipinski definition) is 5. The lowest BCUT2D eigenvalue weighted by Crippen LogP contribution is -2.41. The Hall–Kier alpha value is -2.96. The van der Waals surface area contributed by atoms with Crippen molar-refractivity contribution in [3.8, 4) is 0 Å². The van der Waals surface area contributed by atoms with Crippen LogP contribution < -0.4 is 10.2 Å². The highest BCUT2D eigenvalue weighted by atomic mass is 16.1. The van der Waals surface area contributed by atoms with E-state index in [0.29, 0.717) is 6.54 Å². The molecule has 1 saturated heterocycles. The molecule has 29 heavy (non-hydrogen) atoms. The molecule has 1 aromatic carbocycles. The molecule has 0 saturated carbocycles. The molecule has 1 atom stereocenters. The molecule has 0 spiro atoms. The summed E-state index contributed by atoms with van der Waals surface area (Å²) in [6.45, 7) is 2.53. The van der Waals surface area contributed by atoms with Gasteiger partial charge < -0.3 is 14.8 Å². The first-order valence-electron chi connectivity index (χ1n) is 10.6. The van der Waals surface area contributed by atoms with Crippen LogP contribution in [-0.4, -0.2) is 38.5 Å². The zero-order valence-corrected chi connectivity index (χ0v) is 16.5. The summed E-state index contributed by atoms with van der Waals surface area (Å²) in [5, 5.41) is 3.05. The fraction of sp³-hybridized carbons (Fsp3) is 0.455. The Labute approximate surface area is 170 Å². The normalized spacial score (nSPS) is 19.6. The van der Waals surface area contributed by atoms with Gasteiger partial charge in [0.2, 0.25) is 5.91 Å². The van der Waals surface area contributed by atoms with Gasteiger partial charge >= 0.3 is 0 Å². The summed E-state index contributed by atoms with van der Waals surface area (Å²) in [6.07, 6.45) is 8.09. The number of nitrogens with one attached hydrogen (secondary N) is 1. The fourth-order valence-corrected chi connectivity index (χ4v) is 4.51. The predicted molar refractivity (Wildman–Crippen MR) is 113 cm³/mol. The Kier molecular flexibility index (Phi) is 4.87. The van der Waals surface area contributed by atoms with Crippen molar-refractivity contribution in [1.82, 2.24) is 19.5 Å². The molecule has 2 aromatic heterocycles. The van der Waals surface area contributed by atoms with Crippen LogP contribution in [0.3, 0.4) is 0 Å². The van der Waals surface area contributed by atoms with Gasteiger partial charge in [0.1, 0.15) is 12.2 Å². The van der Waals surface area contributed by atoms with Crippen molar-refractivity contribution < 1.29 is 4.79 Å². The minimum Gasteiger partial charge on any atom is -0.354 e. The molecule has 3 aromatic rings. The molecule has 0 aliphatic carbocycles. The number of anilines is 2. The van der Waals surface area contributed by atoms with Crippen molar-refractivity contribution >= 4 is 28.6 Å². The highest BCUT2D eigenvalue weighted by Gasteiger charge is 2.29.